The van der Waals surface area contributed by atoms with Gasteiger partial charge >= 0.3 is 0 Å². The van der Waals surface area contributed by atoms with Crippen LogP contribution in [0.1, 0.15) is 32.3 Å². The third-order valence-corrected chi connectivity index (χ3v) is 5.11. The van der Waals surface area contributed by atoms with E-state index in [4.69, 9.17) is 4.74 Å². The third-order valence-electron chi connectivity index (χ3n) is 3.28. The van der Waals surface area contributed by atoms with Gasteiger partial charge in [-0.3, -0.25) is 4.79 Å². The van der Waals surface area contributed by atoms with Crippen LogP contribution in [-0.2, 0) is 14.8 Å². The summed E-state index contributed by atoms with van der Waals surface area (Å²) < 4.78 is 31.6. The van der Waals surface area contributed by atoms with Crippen LogP contribution in [0.25, 0.3) is 0 Å². The summed E-state index contributed by atoms with van der Waals surface area (Å²) in [6, 6.07) is 5.08. The van der Waals surface area contributed by atoms with Gasteiger partial charge in [0.05, 0.1) is 13.7 Å². The van der Waals surface area contributed by atoms with Crippen LogP contribution in [0.4, 0.5) is 0 Å². The molecular weight excluding hydrogens is 304 g/mol. The van der Waals surface area contributed by atoms with Crippen molar-refractivity contribution in [3.05, 3.63) is 23.8 Å². The van der Waals surface area contributed by atoms with Gasteiger partial charge in [-0.25, -0.2) is 8.42 Å². The van der Waals surface area contributed by atoms with Crippen molar-refractivity contribution < 1.29 is 17.9 Å². The van der Waals surface area contributed by atoms with E-state index >= 15 is 0 Å². The Labute approximate surface area is 132 Å². The van der Waals surface area contributed by atoms with Gasteiger partial charge in [0.2, 0.25) is 15.9 Å². The number of nitrogens with zero attached hydrogens (tertiary/aromatic N) is 1. The number of amides is 1. The van der Waals surface area contributed by atoms with Crippen molar-refractivity contribution >= 4 is 15.9 Å². The summed E-state index contributed by atoms with van der Waals surface area (Å²) in [7, 11) is -0.999. The largest absolute Gasteiger partial charge is 0.495 e. The van der Waals surface area contributed by atoms with Gasteiger partial charge < -0.3 is 10.1 Å². The number of sulfonamides is 1. The quantitative estimate of drug-likeness (QED) is 0.824. The normalized spacial score (nSPS) is 11.8. The number of nitrogens with one attached hydrogen (secondary N) is 1. The minimum absolute atomic E-state index is 0.0769. The van der Waals surface area contributed by atoms with Gasteiger partial charge in [-0.05, 0) is 30.5 Å². The molecule has 0 atom stereocenters. The number of rotatable bonds is 7. The fourth-order valence-electron chi connectivity index (χ4n) is 1.96. The smallest absolute Gasteiger partial charge is 0.246 e. The number of carbonyl (C=O) groups is 1. The highest BCUT2D eigenvalue weighted by Gasteiger charge is 2.27. The van der Waals surface area contributed by atoms with Crippen molar-refractivity contribution in [3.63, 3.8) is 0 Å². The minimum atomic E-state index is -3.80. The number of hydrogen-bond acceptors (Lipinski definition) is 4. The Morgan fingerprint density at radius 1 is 1.36 bits per heavy atom. The Morgan fingerprint density at radius 2 is 2.00 bits per heavy atom. The minimum Gasteiger partial charge on any atom is -0.495 e. The van der Waals surface area contributed by atoms with Crippen molar-refractivity contribution in [2.75, 3.05) is 27.2 Å². The molecule has 0 bridgehead atoms. The first kappa shape index (κ1) is 18.4. The van der Waals surface area contributed by atoms with E-state index in [1.54, 1.807) is 19.1 Å². The van der Waals surface area contributed by atoms with Crippen molar-refractivity contribution in [1.29, 1.82) is 0 Å². The van der Waals surface area contributed by atoms with Crippen LogP contribution in [0.2, 0.25) is 0 Å². The second-order valence-corrected chi connectivity index (χ2v) is 7.29. The van der Waals surface area contributed by atoms with Gasteiger partial charge in [-0.1, -0.05) is 19.9 Å². The van der Waals surface area contributed by atoms with Gasteiger partial charge in [-0.15, -0.1) is 0 Å². The highest BCUT2D eigenvalue weighted by molar-refractivity contribution is 7.89. The molecule has 1 amide bonds. The highest BCUT2D eigenvalue weighted by atomic mass is 32.2. The maximum absolute atomic E-state index is 12.7. The Balaban J connectivity index is 3.20. The lowest BCUT2D eigenvalue weighted by Crippen LogP contribution is -2.38. The van der Waals surface area contributed by atoms with E-state index in [-0.39, 0.29) is 29.0 Å². The van der Waals surface area contributed by atoms with E-state index in [1.165, 1.54) is 14.2 Å². The topological polar surface area (TPSA) is 75.7 Å². The SMILES string of the molecule is CCNC(=O)CN(C)S(=O)(=O)c1cc(C(C)C)ccc1OC. The van der Waals surface area contributed by atoms with Gasteiger partial charge in [0.1, 0.15) is 10.6 Å². The zero-order chi connectivity index (χ0) is 16.9. The number of benzene rings is 1. The average molecular weight is 328 g/mol. The third kappa shape index (κ3) is 4.20. The number of carbonyl (C=O) groups excluding carboxylic acids is 1. The number of hydrogen-bond donors (Lipinski definition) is 1. The molecule has 22 heavy (non-hydrogen) atoms. The summed E-state index contributed by atoms with van der Waals surface area (Å²) in [5.41, 5.74) is 0.894. The molecule has 0 aromatic heterocycles. The van der Waals surface area contributed by atoms with Crippen LogP contribution in [0.15, 0.2) is 23.1 Å². The first-order valence-electron chi connectivity index (χ1n) is 7.15. The molecule has 6 nitrogen and oxygen atoms in total. The fourth-order valence-corrected chi connectivity index (χ4v) is 3.28. The van der Waals surface area contributed by atoms with Crippen LogP contribution >= 0.6 is 0 Å². The van der Waals surface area contributed by atoms with Crippen molar-refractivity contribution in [3.8, 4) is 5.75 Å². The fraction of sp³-hybridized carbons (Fsp3) is 0.533. The Bertz CT molecular complexity index is 626. The van der Waals surface area contributed by atoms with E-state index in [0.29, 0.717) is 6.54 Å². The molecule has 0 heterocycles. The summed E-state index contributed by atoms with van der Waals surface area (Å²) in [5.74, 6) is 0.119. The van der Waals surface area contributed by atoms with Crippen molar-refractivity contribution in [2.45, 2.75) is 31.6 Å². The maximum Gasteiger partial charge on any atom is 0.246 e. The van der Waals surface area contributed by atoms with Gasteiger partial charge in [0, 0.05) is 13.6 Å². The van der Waals surface area contributed by atoms with Gasteiger partial charge in [0.15, 0.2) is 0 Å². The van der Waals surface area contributed by atoms with E-state index in [2.05, 4.69) is 5.32 Å². The van der Waals surface area contributed by atoms with Crippen molar-refractivity contribution in [1.82, 2.24) is 9.62 Å². The molecular formula is C15H24N2O4S. The zero-order valence-corrected chi connectivity index (χ0v) is 14.5. The summed E-state index contributed by atoms with van der Waals surface area (Å²) in [4.78, 5) is 11.7. The average Bonchev–Trinajstić information content (AvgIpc) is 2.46. The number of ether oxygens (including phenoxy) is 1. The first-order valence-corrected chi connectivity index (χ1v) is 8.59. The summed E-state index contributed by atoms with van der Waals surface area (Å²) in [6.07, 6.45) is 0. The van der Waals surface area contributed by atoms with Crippen LogP contribution in [0, 0.1) is 0 Å². The zero-order valence-electron chi connectivity index (χ0n) is 13.7. The molecule has 1 aromatic rings. The monoisotopic (exact) mass is 328 g/mol. The molecule has 0 aliphatic carbocycles. The summed E-state index contributed by atoms with van der Waals surface area (Å²) in [6.45, 7) is 5.97. The van der Waals surface area contributed by atoms with Crippen LogP contribution < -0.4 is 10.1 Å². The molecule has 0 radical (unpaired) electrons. The Kier molecular flexibility index (Phi) is 6.37. The molecule has 0 spiro atoms. The second kappa shape index (κ2) is 7.60. The molecule has 0 saturated carbocycles. The molecule has 0 saturated heterocycles. The molecule has 0 aliphatic rings. The lowest BCUT2D eigenvalue weighted by Gasteiger charge is -2.19. The molecule has 7 heteroatoms. The molecule has 0 unspecified atom stereocenters. The maximum atomic E-state index is 12.7. The number of methoxy groups -OCH3 is 1. The molecule has 124 valence electrons. The van der Waals surface area contributed by atoms with E-state index in [9.17, 15) is 13.2 Å². The molecule has 1 N–H and O–H groups in total. The predicted octanol–water partition coefficient (Wildman–Crippen LogP) is 1.58. The number of likely N-dealkylation sites (N-methyl/N-ethyl adjacent to an activating group) is 2. The highest BCUT2D eigenvalue weighted by Crippen LogP contribution is 2.29. The van der Waals surface area contributed by atoms with Gasteiger partial charge in [-0.2, -0.15) is 4.31 Å². The summed E-state index contributed by atoms with van der Waals surface area (Å²) in [5, 5.41) is 2.58. The van der Waals surface area contributed by atoms with Crippen molar-refractivity contribution in [2.24, 2.45) is 0 Å². The molecule has 1 aromatic carbocycles. The second-order valence-electron chi connectivity index (χ2n) is 5.28. The van der Waals surface area contributed by atoms with E-state index in [0.717, 1.165) is 9.87 Å². The molecule has 0 fully saturated rings. The predicted molar refractivity (Wildman–Crippen MR) is 85.6 cm³/mol. The Hall–Kier alpha value is -1.60. The standard InChI is InChI=1S/C15H24N2O4S/c1-6-16-15(18)10-17(4)22(19,20)14-9-12(11(2)3)7-8-13(14)21-5/h7-9,11H,6,10H2,1-5H3,(H,16,18). The van der Waals surface area contributed by atoms with E-state index in [1.807, 2.05) is 19.9 Å². The van der Waals surface area contributed by atoms with Crippen LogP contribution in [0.3, 0.4) is 0 Å². The molecule has 0 aliphatic heterocycles. The van der Waals surface area contributed by atoms with Gasteiger partial charge in [0.25, 0.3) is 0 Å². The van der Waals surface area contributed by atoms with Crippen LogP contribution in [-0.4, -0.2) is 45.9 Å². The lowest BCUT2D eigenvalue weighted by atomic mass is 10.0. The summed E-state index contributed by atoms with van der Waals surface area (Å²) >= 11 is 0. The lowest BCUT2D eigenvalue weighted by molar-refractivity contribution is -0.121. The van der Waals surface area contributed by atoms with Crippen LogP contribution in [0.5, 0.6) is 5.75 Å². The first-order chi connectivity index (χ1) is 10.2. The Morgan fingerprint density at radius 3 is 2.50 bits per heavy atom. The molecule has 1 rings (SSSR count). The van der Waals surface area contributed by atoms with E-state index < -0.39 is 10.0 Å².